The highest BCUT2D eigenvalue weighted by molar-refractivity contribution is 7.98. The molecule has 2 aromatic rings. The Balaban J connectivity index is 2.29. The first-order chi connectivity index (χ1) is 8.76. The van der Waals surface area contributed by atoms with Crippen LogP contribution in [0.1, 0.15) is 31.5 Å². The summed E-state index contributed by atoms with van der Waals surface area (Å²) in [6.07, 6.45) is 5.97. The minimum Gasteiger partial charge on any atom is -0.323 e. The Morgan fingerprint density at radius 3 is 2.89 bits per heavy atom. The van der Waals surface area contributed by atoms with E-state index in [9.17, 15) is 0 Å². The number of hydrogen-bond acceptors (Lipinski definition) is 4. The summed E-state index contributed by atoms with van der Waals surface area (Å²) in [6, 6.07) is 8.12. The van der Waals surface area contributed by atoms with Crippen LogP contribution in [-0.2, 0) is 0 Å². The highest BCUT2D eigenvalue weighted by atomic mass is 32.2. The zero-order valence-corrected chi connectivity index (χ0v) is 11.5. The minimum absolute atomic E-state index is 0.0230. The first kappa shape index (κ1) is 13.1. The molecule has 0 bridgehead atoms. The Labute approximate surface area is 112 Å². The molecule has 1 aromatic carbocycles. The number of hydrogen-bond donors (Lipinski definition) is 1. The predicted molar refractivity (Wildman–Crippen MR) is 75.0 cm³/mol. The van der Waals surface area contributed by atoms with Crippen molar-refractivity contribution >= 4 is 11.8 Å². The molecule has 0 saturated carbocycles. The van der Waals surface area contributed by atoms with E-state index in [2.05, 4.69) is 29.6 Å². The molecular formula is C13H18N4S. The van der Waals surface area contributed by atoms with Gasteiger partial charge in [-0.3, -0.25) is 0 Å². The maximum atomic E-state index is 6.05. The molecule has 2 rings (SSSR count). The molecular weight excluding hydrogens is 244 g/mol. The van der Waals surface area contributed by atoms with Crippen LogP contribution in [0.4, 0.5) is 0 Å². The highest BCUT2D eigenvalue weighted by Gasteiger charge is 2.11. The maximum Gasteiger partial charge on any atom is 0.0998 e. The van der Waals surface area contributed by atoms with Gasteiger partial charge in [0.05, 0.1) is 23.6 Å². The van der Waals surface area contributed by atoms with Crippen LogP contribution in [0, 0.1) is 0 Å². The molecule has 1 heterocycles. The average Bonchev–Trinajstić information content (AvgIpc) is 2.88. The standard InChI is InChI=1S/C13H18N4S/c1-3-6-10(14)11-9-17(16-15-11)12-7-4-5-8-13(12)18-2/h4-5,7-10H,3,6,14H2,1-2H3. The first-order valence-electron chi connectivity index (χ1n) is 6.07. The number of benzene rings is 1. The van der Waals surface area contributed by atoms with Crippen LogP contribution in [0.2, 0.25) is 0 Å². The molecule has 0 aliphatic heterocycles. The van der Waals surface area contributed by atoms with E-state index >= 15 is 0 Å². The van der Waals surface area contributed by atoms with E-state index in [0.717, 1.165) is 24.2 Å². The number of para-hydroxylation sites is 1. The minimum atomic E-state index is -0.0230. The Hall–Kier alpha value is -1.33. The van der Waals surface area contributed by atoms with Gasteiger partial charge in [-0.2, -0.15) is 0 Å². The molecule has 5 heteroatoms. The van der Waals surface area contributed by atoms with Gasteiger partial charge in [0.2, 0.25) is 0 Å². The molecule has 18 heavy (non-hydrogen) atoms. The van der Waals surface area contributed by atoms with Crippen LogP contribution < -0.4 is 5.73 Å². The third kappa shape index (κ3) is 2.73. The van der Waals surface area contributed by atoms with Gasteiger partial charge < -0.3 is 5.73 Å². The van der Waals surface area contributed by atoms with Crippen molar-refractivity contribution in [3.63, 3.8) is 0 Å². The number of aromatic nitrogens is 3. The smallest absolute Gasteiger partial charge is 0.0998 e. The lowest BCUT2D eigenvalue weighted by Gasteiger charge is -2.06. The fourth-order valence-electron chi connectivity index (χ4n) is 1.84. The van der Waals surface area contributed by atoms with Gasteiger partial charge in [0, 0.05) is 4.90 Å². The molecule has 0 aliphatic rings. The van der Waals surface area contributed by atoms with E-state index in [1.165, 1.54) is 4.90 Å². The van der Waals surface area contributed by atoms with E-state index in [1.807, 2.05) is 24.4 Å². The Morgan fingerprint density at radius 2 is 2.17 bits per heavy atom. The lowest BCUT2D eigenvalue weighted by Crippen LogP contribution is -2.10. The van der Waals surface area contributed by atoms with E-state index in [4.69, 9.17) is 5.73 Å². The first-order valence-corrected chi connectivity index (χ1v) is 7.30. The molecule has 1 aromatic heterocycles. The molecule has 0 spiro atoms. The molecule has 1 unspecified atom stereocenters. The van der Waals surface area contributed by atoms with Crippen molar-refractivity contribution in [2.24, 2.45) is 5.73 Å². The fourth-order valence-corrected chi connectivity index (χ4v) is 2.43. The van der Waals surface area contributed by atoms with Crippen molar-refractivity contribution in [3.05, 3.63) is 36.2 Å². The van der Waals surface area contributed by atoms with E-state index < -0.39 is 0 Å². The van der Waals surface area contributed by atoms with E-state index in [-0.39, 0.29) is 6.04 Å². The molecule has 96 valence electrons. The van der Waals surface area contributed by atoms with Crippen LogP contribution >= 0.6 is 11.8 Å². The number of rotatable bonds is 5. The van der Waals surface area contributed by atoms with Crippen LogP contribution in [0.5, 0.6) is 0 Å². The number of nitrogens with zero attached hydrogens (tertiary/aromatic N) is 3. The Morgan fingerprint density at radius 1 is 1.39 bits per heavy atom. The maximum absolute atomic E-state index is 6.05. The van der Waals surface area contributed by atoms with Crippen molar-refractivity contribution in [1.82, 2.24) is 15.0 Å². The third-order valence-corrected chi connectivity index (χ3v) is 3.61. The summed E-state index contributed by atoms with van der Waals surface area (Å²) in [4.78, 5) is 1.18. The molecule has 0 aliphatic carbocycles. The molecule has 0 amide bonds. The van der Waals surface area contributed by atoms with Gasteiger partial charge in [-0.15, -0.1) is 16.9 Å². The summed E-state index contributed by atoms with van der Waals surface area (Å²) < 4.78 is 1.80. The molecule has 0 fully saturated rings. The molecule has 4 nitrogen and oxygen atoms in total. The molecule has 0 saturated heterocycles. The Kier molecular flexibility index (Phi) is 4.38. The van der Waals surface area contributed by atoms with Gasteiger partial charge in [-0.25, -0.2) is 4.68 Å². The third-order valence-electron chi connectivity index (χ3n) is 2.82. The normalized spacial score (nSPS) is 12.6. The summed E-state index contributed by atoms with van der Waals surface area (Å²) in [5.74, 6) is 0. The van der Waals surface area contributed by atoms with Crippen molar-refractivity contribution in [2.75, 3.05) is 6.26 Å². The molecule has 1 atom stereocenters. The number of nitrogens with two attached hydrogens (primary N) is 1. The average molecular weight is 262 g/mol. The summed E-state index contributed by atoms with van der Waals surface area (Å²) in [6.45, 7) is 2.12. The predicted octanol–water partition coefficient (Wildman–Crippen LogP) is 2.79. The highest BCUT2D eigenvalue weighted by Crippen LogP contribution is 2.23. The SMILES string of the molecule is CCCC(N)c1cn(-c2ccccc2SC)nn1. The largest absolute Gasteiger partial charge is 0.323 e. The van der Waals surface area contributed by atoms with Crippen molar-refractivity contribution in [3.8, 4) is 5.69 Å². The summed E-state index contributed by atoms with van der Waals surface area (Å²) >= 11 is 1.70. The second-order valence-electron chi connectivity index (χ2n) is 4.15. The summed E-state index contributed by atoms with van der Waals surface area (Å²) in [5.41, 5.74) is 7.95. The van der Waals surface area contributed by atoms with Gasteiger partial charge in [-0.1, -0.05) is 30.7 Å². The Bertz CT molecular complexity index is 509. The van der Waals surface area contributed by atoms with Gasteiger partial charge in [0.1, 0.15) is 0 Å². The van der Waals surface area contributed by atoms with Crippen molar-refractivity contribution < 1.29 is 0 Å². The second kappa shape index (κ2) is 6.02. The van der Waals surface area contributed by atoms with Crippen molar-refractivity contribution in [2.45, 2.75) is 30.7 Å². The lowest BCUT2D eigenvalue weighted by molar-refractivity contribution is 0.619. The van der Waals surface area contributed by atoms with Crippen LogP contribution in [0.25, 0.3) is 5.69 Å². The zero-order chi connectivity index (χ0) is 13.0. The van der Waals surface area contributed by atoms with Crippen LogP contribution in [-0.4, -0.2) is 21.2 Å². The van der Waals surface area contributed by atoms with Crippen LogP contribution in [0.3, 0.4) is 0 Å². The van der Waals surface area contributed by atoms with Gasteiger partial charge in [0.25, 0.3) is 0 Å². The van der Waals surface area contributed by atoms with Gasteiger partial charge >= 0.3 is 0 Å². The zero-order valence-electron chi connectivity index (χ0n) is 10.7. The molecule has 0 radical (unpaired) electrons. The quantitative estimate of drug-likeness (QED) is 0.842. The fraction of sp³-hybridized carbons (Fsp3) is 0.385. The second-order valence-corrected chi connectivity index (χ2v) is 5.00. The summed E-state index contributed by atoms with van der Waals surface area (Å²) in [5, 5.41) is 8.34. The van der Waals surface area contributed by atoms with Gasteiger partial charge in [0.15, 0.2) is 0 Å². The lowest BCUT2D eigenvalue weighted by atomic mass is 10.1. The number of thioether (sulfide) groups is 1. The van der Waals surface area contributed by atoms with E-state index in [1.54, 1.807) is 16.4 Å². The van der Waals surface area contributed by atoms with E-state index in [0.29, 0.717) is 0 Å². The van der Waals surface area contributed by atoms with Gasteiger partial charge in [-0.05, 0) is 24.8 Å². The monoisotopic (exact) mass is 262 g/mol. The molecule has 2 N–H and O–H groups in total. The van der Waals surface area contributed by atoms with Crippen LogP contribution in [0.15, 0.2) is 35.4 Å². The topological polar surface area (TPSA) is 56.7 Å². The van der Waals surface area contributed by atoms with Crippen molar-refractivity contribution in [1.29, 1.82) is 0 Å². The summed E-state index contributed by atoms with van der Waals surface area (Å²) in [7, 11) is 0.